The second kappa shape index (κ2) is 6.31. The molecule has 1 aromatic rings. The van der Waals surface area contributed by atoms with Crippen LogP contribution in [0.2, 0.25) is 5.02 Å². The van der Waals surface area contributed by atoms with Gasteiger partial charge in [0.25, 0.3) is 0 Å². The molecule has 0 radical (unpaired) electrons. The number of thioether (sulfide) groups is 1. The molecule has 0 spiro atoms. The van der Waals surface area contributed by atoms with E-state index in [0.717, 1.165) is 21.2 Å². The van der Waals surface area contributed by atoms with Crippen LogP contribution in [0.1, 0.15) is 26.3 Å². The summed E-state index contributed by atoms with van der Waals surface area (Å²) < 4.78 is 0. The van der Waals surface area contributed by atoms with E-state index in [1.54, 1.807) is 11.8 Å². The summed E-state index contributed by atoms with van der Waals surface area (Å²) in [5, 5.41) is 0.745. The maximum Gasteiger partial charge on any atom is 0.149 e. The molecule has 1 atom stereocenters. The smallest absolute Gasteiger partial charge is 0.149 e. The van der Waals surface area contributed by atoms with Crippen molar-refractivity contribution in [3.05, 3.63) is 40.9 Å². The first-order chi connectivity index (χ1) is 8.36. The third-order valence-corrected chi connectivity index (χ3v) is 3.89. The second-order valence-electron chi connectivity index (χ2n) is 5.29. The van der Waals surface area contributed by atoms with Gasteiger partial charge in [-0.3, -0.25) is 4.99 Å². The van der Waals surface area contributed by atoms with Crippen molar-refractivity contribution in [2.24, 2.45) is 16.1 Å². The topological polar surface area (TPSA) is 38.4 Å². The number of rotatable bonds is 1. The van der Waals surface area contributed by atoms with Crippen molar-refractivity contribution >= 4 is 46.4 Å². The zero-order chi connectivity index (χ0) is 13.3. The molecule has 0 bridgehead atoms. The summed E-state index contributed by atoms with van der Waals surface area (Å²) in [6.07, 6.45) is 2.12. The molecule has 104 valence electrons. The summed E-state index contributed by atoms with van der Waals surface area (Å²) in [7, 11) is 0. The molecule has 1 aliphatic heterocycles. The first-order valence-electron chi connectivity index (χ1n) is 5.84. The monoisotopic (exact) mass is 316 g/mol. The number of nitrogens with two attached hydrogens (primary N) is 1. The van der Waals surface area contributed by atoms with E-state index in [1.807, 2.05) is 24.3 Å². The van der Waals surface area contributed by atoms with Crippen molar-refractivity contribution < 1.29 is 0 Å². The molecule has 0 fully saturated rings. The van der Waals surface area contributed by atoms with Gasteiger partial charge in [-0.15, -0.1) is 12.4 Å². The van der Waals surface area contributed by atoms with Crippen LogP contribution in [0.5, 0.6) is 0 Å². The van der Waals surface area contributed by atoms with Crippen LogP contribution in [0.4, 0.5) is 0 Å². The zero-order valence-electron chi connectivity index (χ0n) is 11.2. The molecule has 2 rings (SSSR count). The molecule has 0 amide bonds. The molecule has 1 heterocycles. The van der Waals surface area contributed by atoms with Gasteiger partial charge in [-0.05, 0) is 23.8 Å². The Morgan fingerprint density at radius 1 is 1.21 bits per heavy atom. The van der Waals surface area contributed by atoms with Crippen LogP contribution in [0.25, 0.3) is 4.91 Å². The highest BCUT2D eigenvalue weighted by molar-refractivity contribution is 8.08. The molecule has 2 nitrogen and oxygen atoms in total. The van der Waals surface area contributed by atoms with Gasteiger partial charge >= 0.3 is 0 Å². The molecule has 1 aliphatic rings. The number of halogens is 2. The van der Waals surface area contributed by atoms with Gasteiger partial charge in [0, 0.05) is 21.1 Å². The molecule has 5 heteroatoms. The van der Waals surface area contributed by atoms with Crippen LogP contribution in [0, 0.1) is 5.41 Å². The van der Waals surface area contributed by atoms with Crippen molar-refractivity contribution in [2.75, 3.05) is 0 Å². The van der Waals surface area contributed by atoms with Crippen LogP contribution >= 0.6 is 35.8 Å². The van der Waals surface area contributed by atoms with Crippen molar-refractivity contribution in [1.82, 2.24) is 0 Å². The number of hydrogen-bond donors (Lipinski definition) is 1. The van der Waals surface area contributed by atoms with Crippen molar-refractivity contribution in [3.63, 3.8) is 0 Å². The Balaban J connectivity index is 0.00000180. The molecule has 19 heavy (non-hydrogen) atoms. The van der Waals surface area contributed by atoms with Gasteiger partial charge in [0.05, 0.1) is 0 Å². The molecule has 0 aromatic heterocycles. The number of benzene rings is 1. The van der Waals surface area contributed by atoms with E-state index in [1.165, 1.54) is 0 Å². The quantitative estimate of drug-likeness (QED) is 0.823. The number of allylic oxidation sites excluding steroid dienone is 1. The van der Waals surface area contributed by atoms with Gasteiger partial charge in [0.1, 0.15) is 5.50 Å². The predicted molar refractivity (Wildman–Crippen MR) is 89.1 cm³/mol. The fourth-order valence-corrected chi connectivity index (χ4v) is 2.67. The summed E-state index contributed by atoms with van der Waals surface area (Å²) in [4.78, 5) is 5.65. The van der Waals surface area contributed by atoms with Crippen LogP contribution < -0.4 is 5.73 Å². The van der Waals surface area contributed by atoms with E-state index in [2.05, 4.69) is 31.8 Å². The first-order valence-corrected chi connectivity index (χ1v) is 7.10. The fourth-order valence-electron chi connectivity index (χ4n) is 1.66. The van der Waals surface area contributed by atoms with Crippen LogP contribution in [-0.2, 0) is 0 Å². The fraction of sp³-hybridized carbons (Fsp3) is 0.357. The van der Waals surface area contributed by atoms with Crippen molar-refractivity contribution in [3.8, 4) is 0 Å². The van der Waals surface area contributed by atoms with Crippen LogP contribution in [-0.4, -0.2) is 11.2 Å². The minimum Gasteiger partial charge on any atom is -0.301 e. The lowest BCUT2D eigenvalue weighted by atomic mass is 9.89. The lowest BCUT2D eigenvalue weighted by Crippen LogP contribution is -2.26. The Kier molecular flexibility index (Phi) is 5.51. The number of nitrogens with zero attached hydrogens (tertiary/aromatic N) is 1. The predicted octanol–water partition coefficient (Wildman–Crippen LogP) is 4.58. The third kappa shape index (κ3) is 4.25. The average Bonchev–Trinajstić information content (AvgIpc) is 2.28. The summed E-state index contributed by atoms with van der Waals surface area (Å²) in [5.41, 5.74) is 7.95. The van der Waals surface area contributed by atoms with Crippen LogP contribution in [0.3, 0.4) is 0 Å². The van der Waals surface area contributed by atoms with Gasteiger partial charge in [-0.2, -0.15) is 0 Å². The van der Waals surface area contributed by atoms with E-state index < -0.39 is 0 Å². The summed E-state index contributed by atoms with van der Waals surface area (Å²) >= 11 is 7.48. The van der Waals surface area contributed by atoms with Crippen LogP contribution in [0.15, 0.2) is 35.3 Å². The van der Waals surface area contributed by atoms with E-state index in [0.29, 0.717) is 0 Å². The van der Waals surface area contributed by atoms with Gasteiger partial charge < -0.3 is 5.73 Å². The maximum absolute atomic E-state index is 5.99. The standard InChI is InChI=1S/C14H17ClN2S.ClH/c1-14(2,3)12-8-11(18-13(16)17-12)9-4-6-10(15)7-5-9;/h4-8,13H,16H2,1-3H3;1H. The SMILES string of the molecule is CC(C)(C)C1=NC(N)SC(c2ccc(Cl)cc2)=C1.Cl. The minimum absolute atomic E-state index is 0. The van der Waals surface area contributed by atoms with E-state index in [9.17, 15) is 0 Å². The highest BCUT2D eigenvalue weighted by atomic mass is 35.5. The van der Waals surface area contributed by atoms with Crippen molar-refractivity contribution in [2.45, 2.75) is 26.3 Å². The maximum atomic E-state index is 5.99. The summed E-state index contributed by atoms with van der Waals surface area (Å²) in [6, 6.07) is 7.82. The highest BCUT2D eigenvalue weighted by Crippen LogP contribution is 2.36. The first kappa shape index (κ1) is 16.6. The van der Waals surface area contributed by atoms with Gasteiger partial charge in [0.2, 0.25) is 0 Å². The minimum atomic E-state index is -0.227. The third-order valence-electron chi connectivity index (χ3n) is 2.68. The molecule has 1 aromatic carbocycles. The molecular formula is C14H18Cl2N2S. The number of aliphatic imine (C=N–C) groups is 1. The number of hydrogen-bond acceptors (Lipinski definition) is 3. The molecule has 0 saturated heterocycles. The van der Waals surface area contributed by atoms with Gasteiger partial charge in [-0.1, -0.05) is 56.3 Å². The lowest BCUT2D eigenvalue weighted by molar-refractivity contribution is 0.590. The van der Waals surface area contributed by atoms with Crippen molar-refractivity contribution in [1.29, 1.82) is 0 Å². The lowest BCUT2D eigenvalue weighted by Gasteiger charge is -2.25. The zero-order valence-corrected chi connectivity index (χ0v) is 13.6. The largest absolute Gasteiger partial charge is 0.301 e. The highest BCUT2D eigenvalue weighted by Gasteiger charge is 2.23. The van der Waals surface area contributed by atoms with E-state index in [4.69, 9.17) is 17.3 Å². The van der Waals surface area contributed by atoms with Gasteiger partial charge in [0.15, 0.2) is 0 Å². The Morgan fingerprint density at radius 3 is 2.32 bits per heavy atom. The Bertz CT molecular complexity index is 501. The normalized spacial score (nSPS) is 19.3. The summed E-state index contributed by atoms with van der Waals surface area (Å²) in [6.45, 7) is 6.43. The molecular weight excluding hydrogens is 299 g/mol. The average molecular weight is 317 g/mol. The van der Waals surface area contributed by atoms with E-state index >= 15 is 0 Å². The summed E-state index contributed by atoms with van der Waals surface area (Å²) in [5.74, 6) is 0. The van der Waals surface area contributed by atoms with E-state index in [-0.39, 0.29) is 23.3 Å². The van der Waals surface area contributed by atoms with Gasteiger partial charge in [-0.25, -0.2) is 0 Å². The molecule has 0 saturated carbocycles. The molecule has 1 unspecified atom stereocenters. The Morgan fingerprint density at radius 2 is 1.79 bits per heavy atom. The molecule has 0 aliphatic carbocycles. The Labute approximate surface area is 129 Å². The Hall–Kier alpha value is -0.480. The molecule has 2 N–H and O–H groups in total. The second-order valence-corrected chi connectivity index (χ2v) is 6.88.